The Morgan fingerprint density at radius 3 is 2.52 bits per heavy atom. The van der Waals surface area contributed by atoms with E-state index in [0.29, 0.717) is 17.5 Å². The molecule has 4 rings (SSSR count). The topological polar surface area (TPSA) is 84.5 Å². The second kappa shape index (κ2) is 6.66. The highest BCUT2D eigenvalue weighted by Gasteiger charge is 2.51. The molecule has 1 amide bonds. The van der Waals surface area contributed by atoms with Crippen LogP contribution < -0.4 is 5.73 Å². The molecule has 2 N–H and O–H groups in total. The molecule has 1 aliphatic rings. The number of nitrogens with zero attached hydrogens (tertiary/aromatic N) is 4. The monoisotopic (exact) mass is 417 g/mol. The van der Waals surface area contributed by atoms with Crippen molar-refractivity contribution in [3.8, 4) is 11.3 Å². The number of rotatable bonds is 3. The lowest BCUT2D eigenvalue weighted by Crippen LogP contribution is -2.41. The number of pyridine rings is 1. The molecule has 3 heterocycles. The van der Waals surface area contributed by atoms with Crippen LogP contribution in [0, 0.1) is 0 Å². The second-order valence-corrected chi connectivity index (χ2v) is 7.15. The Hall–Kier alpha value is -3.27. The van der Waals surface area contributed by atoms with Crippen LogP contribution in [0.2, 0.25) is 0 Å². The van der Waals surface area contributed by atoms with E-state index in [1.807, 2.05) is 11.4 Å². The Kier molecular flexibility index (Phi) is 4.38. The Labute approximate surface area is 167 Å². The number of carbonyl (C=O) groups is 1. The van der Waals surface area contributed by atoms with E-state index in [4.69, 9.17) is 5.73 Å². The number of aromatic nitrogens is 2. The number of nitrogens with two attached hydrogens (primary N) is 1. The predicted octanol–water partition coefficient (Wildman–Crippen LogP) is 3.25. The first-order valence-corrected chi connectivity index (χ1v) is 9.34. The van der Waals surface area contributed by atoms with Gasteiger partial charge in [-0.05, 0) is 23.8 Å². The van der Waals surface area contributed by atoms with Gasteiger partial charge in [0.1, 0.15) is 0 Å². The SMILES string of the molecule is CN1C(=O)C(c2cccc(-c3cscn3)c2)(c2ccc(C(F)(F)F)cn2)N=C1N. The lowest BCUT2D eigenvalue weighted by molar-refractivity contribution is -0.137. The molecule has 29 heavy (non-hydrogen) atoms. The van der Waals surface area contributed by atoms with Crippen LogP contribution >= 0.6 is 11.3 Å². The molecule has 0 spiro atoms. The fourth-order valence-electron chi connectivity index (χ4n) is 3.18. The van der Waals surface area contributed by atoms with Crippen LogP contribution in [0.3, 0.4) is 0 Å². The van der Waals surface area contributed by atoms with E-state index in [1.165, 1.54) is 18.4 Å². The Bertz CT molecular complexity index is 1100. The van der Waals surface area contributed by atoms with E-state index >= 15 is 0 Å². The van der Waals surface area contributed by atoms with Gasteiger partial charge in [0.05, 0.1) is 22.5 Å². The number of aliphatic imine (C=N–C) groups is 1. The minimum atomic E-state index is -4.54. The largest absolute Gasteiger partial charge is 0.417 e. The first kappa shape index (κ1) is 19.1. The van der Waals surface area contributed by atoms with Crippen LogP contribution in [0.4, 0.5) is 13.2 Å². The Morgan fingerprint density at radius 1 is 1.17 bits per heavy atom. The van der Waals surface area contributed by atoms with E-state index < -0.39 is 23.2 Å². The van der Waals surface area contributed by atoms with Gasteiger partial charge in [-0.25, -0.2) is 9.98 Å². The third-order valence-electron chi connectivity index (χ3n) is 4.71. The summed E-state index contributed by atoms with van der Waals surface area (Å²) in [5.41, 5.74) is 6.93. The summed E-state index contributed by atoms with van der Waals surface area (Å²) < 4.78 is 38.9. The lowest BCUT2D eigenvalue weighted by atomic mass is 9.85. The first-order valence-electron chi connectivity index (χ1n) is 8.40. The summed E-state index contributed by atoms with van der Waals surface area (Å²) in [5.74, 6) is -0.548. The van der Waals surface area contributed by atoms with E-state index in [-0.39, 0.29) is 11.7 Å². The zero-order chi connectivity index (χ0) is 20.8. The molecule has 1 aromatic carbocycles. The van der Waals surface area contributed by atoms with Crippen molar-refractivity contribution in [2.24, 2.45) is 10.7 Å². The normalized spacial score (nSPS) is 19.5. The molecule has 0 saturated carbocycles. The molecule has 2 aromatic heterocycles. The second-order valence-electron chi connectivity index (χ2n) is 6.43. The smallest absolute Gasteiger partial charge is 0.369 e. The number of alkyl halides is 3. The number of benzene rings is 1. The fraction of sp³-hybridized carbons (Fsp3) is 0.158. The maximum Gasteiger partial charge on any atom is 0.417 e. The highest BCUT2D eigenvalue weighted by Crippen LogP contribution is 2.40. The number of thiazole rings is 1. The van der Waals surface area contributed by atoms with Crippen LogP contribution in [-0.4, -0.2) is 33.8 Å². The third-order valence-corrected chi connectivity index (χ3v) is 5.30. The van der Waals surface area contributed by atoms with E-state index in [0.717, 1.165) is 22.6 Å². The highest BCUT2D eigenvalue weighted by molar-refractivity contribution is 7.07. The lowest BCUT2D eigenvalue weighted by Gasteiger charge is -2.25. The van der Waals surface area contributed by atoms with Gasteiger partial charge in [0.2, 0.25) is 5.54 Å². The first-order chi connectivity index (χ1) is 13.7. The van der Waals surface area contributed by atoms with E-state index in [2.05, 4.69) is 15.0 Å². The molecule has 6 nitrogen and oxygen atoms in total. The molecule has 1 unspecified atom stereocenters. The van der Waals surface area contributed by atoms with Gasteiger partial charge in [-0.3, -0.25) is 14.7 Å². The van der Waals surface area contributed by atoms with Crippen molar-refractivity contribution in [3.63, 3.8) is 0 Å². The number of likely N-dealkylation sites (N-methyl/N-ethyl adjacent to an activating group) is 1. The number of halogens is 3. The van der Waals surface area contributed by atoms with Gasteiger partial charge in [0.15, 0.2) is 5.96 Å². The quantitative estimate of drug-likeness (QED) is 0.709. The van der Waals surface area contributed by atoms with Crippen molar-refractivity contribution in [2.45, 2.75) is 11.7 Å². The minimum absolute atomic E-state index is 0.0456. The van der Waals surface area contributed by atoms with Crippen LogP contribution in [0.25, 0.3) is 11.3 Å². The molecule has 3 aromatic rings. The van der Waals surface area contributed by atoms with Crippen molar-refractivity contribution >= 4 is 23.2 Å². The Morgan fingerprint density at radius 2 is 1.97 bits per heavy atom. The summed E-state index contributed by atoms with van der Waals surface area (Å²) in [6.45, 7) is 0. The number of hydrogen-bond donors (Lipinski definition) is 1. The van der Waals surface area contributed by atoms with Gasteiger partial charge in [-0.15, -0.1) is 11.3 Å². The average Bonchev–Trinajstić information content (AvgIpc) is 3.32. The van der Waals surface area contributed by atoms with Crippen LogP contribution in [0.15, 0.2) is 58.5 Å². The van der Waals surface area contributed by atoms with Gasteiger partial charge in [-0.2, -0.15) is 13.2 Å². The zero-order valence-corrected chi connectivity index (χ0v) is 15.8. The minimum Gasteiger partial charge on any atom is -0.369 e. The number of carbonyl (C=O) groups excluding carboxylic acids is 1. The van der Waals surface area contributed by atoms with Gasteiger partial charge < -0.3 is 5.73 Å². The highest BCUT2D eigenvalue weighted by atomic mass is 32.1. The van der Waals surface area contributed by atoms with Crippen LogP contribution in [0.5, 0.6) is 0 Å². The molecule has 0 radical (unpaired) electrons. The molecule has 1 aliphatic heterocycles. The van der Waals surface area contributed by atoms with Crippen LogP contribution in [-0.2, 0) is 16.5 Å². The van der Waals surface area contributed by atoms with E-state index in [1.54, 1.807) is 23.7 Å². The maximum atomic E-state index is 13.2. The fourth-order valence-corrected chi connectivity index (χ4v) is 3.74. The standard InChI is InChI=1S/C19H14F3N5OS/c1-27-16(28)18(26-17(27)23,15-6-5-13(8-24-15)19(20,21)22)12-4-2-3-11(7-12)14-9-29-10-25-14/h2-10H,1H3,(H2,23,26). The molecule has 10 heteroatoms. The molecule has 0 aliphatic carbocycles. The number of hydrogen-bond acceptors (Lipinski definition) is 6. The Balaban J connectivity index is 1.90. The maximum absolute atomic E-state index is 13.2. The van der Waals surface area contributed by atoms with Crippen molar-refractivity contribution in [1.82, 2.24) is 14.9 Å². The summed E-state index contributed by atoms with van der Waals surface area (Å²) in [5, 5.41) is 1.85. The van der Waals surface area contributed by atoms with Crippen molar-refractivity contribution < 1.29 is 18.0 Å². The summed E-state index contributed by atoms with van der Waals surface area (Å²) >= 11 is 1.42. The van der Waals surface area contributed by atoms with Gasteiger partial charge in [0, 0.05) is 24.2 Å². The molecule has 0 saturated heterocycles. The molecule has 148 valence electrons. The summed E-state index contributed by atoms with van der Waals surface area (Å²) in [4.78, 5) is 26.9. The molecule has 0 fully saturated rings. The van der Waals surface area contributed by atoms with Crippen molar-refractivity contribution in [3.05, 3.63) is 70.3 Å². The average molecular weight is 417 g/mol. The van der Waals surface area contributed by atoms with Crippen LogP contribution in [0.1, 0.15) is 16.8 Å². The van der Waals surface area contributed by atoms with Gasteiger partial charge in [-0.1, -0.05) is 18.2 Å². The van der Waals surface area contributed by atoms with Crippen molar-refractivity contribution in [2.75, 3.05) is 7.05 Å². The van der Waals surface area contributed by atoms with E-state index in [9.17, 15) is 18.0 Å². The summed E-state index contributed by atoms with van der Waals surface area (Å²) in [6.07, 6.45) is -3.85. The molecular formula is C19H14F3N5OS. The molecule has 1 atom stereocenters. The summed E-state index contributed by atoms with van der Waals surface area (Å²) in [6, 6.07) is 8.99. The predicted molar refractivity (Wildman–Crippen MR) is 102 cm³/mol. The molecule has 0 bridgehead atoms. The zero-order valence-electron chi connectivity index (χ0n) is 15.0. The third kappa shape index (κ3) is 3.05. The van der Waals surface area contributed by atoms with Gasteiger partial charge >= 0.3 is 6.18 Å². The van der Waals surface area contributed by atoms with Crippen molar-refractivity contribution in [1.29, 1.82) is 0 Å². The van der Waals surface area contributed by atoms with Gasteiger partial charge in [0.25, 0.3) is 5.91 Å². The number of amides is 1. The number of guanidine groups is 1. The summed E-state index contributed by atoms with van der Waals surface area (Å²) in [7, 11) is 1.46. The molecular weight excluding hydrogens is 403 g/mol.